The minimum atomic E-state index is -0.343. The van der Waals surface area contributed by atoms with Crippen LogP contribution in [0.5, 0.6) is 5.75 Å². The molecule has 4 heteroatoms. The van der Waals surface area contributed by atoms with Crippen LogP contribution in [0.4, 0.5) is 4.39 Å². The Morgan fingerprint density at radius 2 is 2.19 bits per heavy atom. The molecule has 0 bridgehead atoms. The lowest BCUT2D eigenvalue weighted by Crippen LogP contribution is -2.04. The van der Waals surface area contributed by atoms with Crippen LogP contribution in [-0.2, 0) is 13.2 Å². The molecule has 1 aromatic heterocycles. The Labute approximate surface area is 93.5 Å². The van der Waals surface area contributed by atoms with Crippen LogP contribution in [0.15, 0.2) is 36.8 Å². The van der Waals surface area contributed by atoms with Crippen LogP contribution in [0.3, 0.4) is 0 Å². The Morgan fingerprint density at radius 3 is 2.94 bits per heavy atom. The van der Waals surface area contributed by atoms with Crippen molar-refractivity contribution in [3.8, 4) is 5.75 Å². The number of ether oxygens (including phenoxy) is 1. The van der Waals surface area contributed by atoms with E-state index in [1.165, 1.54) is 6.07 Å². The van der Waals surface area contributed by atoms with Gasteiger partial charge in [0.25, 0.3) is 0 Å². The van der Waals surface area contributed by atoms with Crippen LogP contribution in [0.1, 0.15) is 12.6 Å². The summed E-state index contributed by atoms with van der Waals surface area (Å²) in [7, 11) is 0. The fourth-order valence-corrected chi connectivity index (χ4v) is 1.47. The van der Waals surface area contributed by atoms with Gasteiger partial charge in [0.1, 0.15) is 6.61 Å². The molecule has 0 aliphatic carbocycles. The summed E-state index contributed by atoms with van der Waals surface area (Å²) in [5.74, 6) is -0.0728. The fourth-order valence-electron chi connectivity index (χ4n) is 1.47. The third-order valence-corrected chi connectivity index (χ3v) is 2.35. The molecule has 0 spiro atoms. The molecule has 0 aliphatic rings. The molecule has 1 aromatic carbocycles. The average molecular weight is 220 g/mol. The molecular formula is C12H13FN2O. The lowest BCUT2D eigenvalue weighted by molar-refractivity contribution is 0.280. The van der Waals surface area contributed by atoms with E-state index in [0.29, 0.717) is 6.61 Å². The topological polar surface area (TPSA) is 27.1 Å². The highest BCUT2D eigenvalue weighted by atomic mass is 19.1. The molecule has 0 saturated carbocycles. The highest BCUT2D eigenvalue weighted by Gasteiger charge is 2.04. The van der Waals surface area contributed by atoms with E-state index in [4.69, 9.17) is 4.74 Å². The summed E-state index contributed by atoms with van der Waals surface area (Å²) in [5.41, 5.74) is 0.936. The number of para-hydroxylation sites is 1. The monoisotopic (exact) mass is 220 g/mol. The van der Waals surface area contributed by atoms with Crippen molar-refractivity contribution in [2.75, 3.05) is 0 Å². The smallest absolute Gasteiger partial charge is 0.165 e. The van der Waals surface area contributed by atoms with Gasteiger partial charge in [0.2, 0.25) is 0 Å². The number of rotatable bonds is 4. The molecule has 0 amide bonds. The molecule has 0 saturated heterocycles. The molecule has 0 fully saturated rings. The number of benzene rings is 1. The van der Waals surface area contributed by atoms with E-state index in [2.05, 4.69) is 4.98 Å². The van der Waals surface area contributed by atoms with Gasteiger partial charge >= 0.3 is 0 Å². The van der Waals surface area contributed by atoms with Gasteiger partial charge in [-0.2, -0.15) is 0 Å². The largest absolute Gasteiger partial charge is 0.484 e. The van der Waals surface area contributed by atoms with Gasteiger partial charge < -0.3 is 9.30 Å². The lowest BCUT2D eigenvalue weighted by Gasteiger charge is -2.08. The van der Waals surface area contributed by atoms with Gasteiger partial charge in [-0.05, 0) is 19.1 Å². The molecule has 0 radical (unpaired) electrons. The van der Waals surface area contributed by atoms with Crippen LogP contribution in [-0.4, -0.2) is 9.55 Å². The minimum absolute atomic E-state index is 0.270. The third-order valence-electron chi connectivity index (χ3n) is 2.35. The maximum absolute atomic E-state index is 13.3. The first kappa shape index (κ1) is 10.7. The first-order valence-electron chi connectivity index (χ1n) is 5.17. The van der Waals surface area contributed by atoms with Gasteiger partial charge in [0.15, 0.2) is 11.6 Å². The highest BCUT2D eigenvalue weighted by Crippen LogP contribution is 2.16. The third kappa shape index (κ3) is 2.21. The fraction of sp³-hybridized carbons (Fsp3) is 0.250. The SMILES string of the molecule is CCn1cncc1COc1ccccc1F. The summed E-state index contributed by atoms with van der Waals surface area (Å²) in [5, 5.41) is 0. The molecule has 0 unspecified atom stereocenters. The number of aryl methyl sites for hydroxylation is 1. The highest BCUT2D eigenvalue weighted by molar-refractivity contribution is 5.23. The average Bonchev–Trinajstić information content (AvgIpc) is 2.75. The zero-order valence-corrected chi connectivity index (χ0v) is 9.06. The van der Waals surface area contributed by atoms with Gasteiger partial charge in [-0.1, -0.05) is 12.1 Å². The maximum Gasteiger partial charge on any atom is 0.165 e. The van der Waals surface area contributed by atoms with Crippen molar-refractivity contribution in [1.82, 2.24) is 9.55 Å². The van der Waals surface area contributed by atoms with E-state index in [1.807, 2.05) is 11.5 Å². The van der Waals surface area contributed by atoms with E-state index in [-0.39, 0.29) is 11.6 Å². The summed E-state index contributed by atoms with van der Waals surface area (Å²) in [6, 6.07) is 6.38. The molecular weight excluding hydrogens is 207 g/mol. The number of hydrogen-bond donors (Lipinski definition) is 0. The van der Waals surface area contributed by atoms with Crippen LogP contribution < -0.4 is 4.74 Å². The molecule has 84 valence electrons. The summed E-state index contributed by atoms with van der Waals surface area (Å²) in [4.78, 5) is 4.02. The molecule has 0 aliphatic heterocycles. The van der Waals surface area contributed by atoms with E-state index in [9.17, 15) is 4.39 Å². The second kappa shape index (κ2) is 4.79. The Hall–Kier alpha value is -1.84. The number of aromatic nitrogens is 2. The van der Waals surface area contributed by atoms with E-state index < -0.39 is 0 Å². The molecule has 2 aromatic rings. The molecule has 1 heterocycles. The Balaban J connectivity index is 2.05. The minimum Gasteiger partial charge on any atom is -0.484 e. The van der Waals surface area contributed by atoms with Crippen LogP contribution in [0.25, 0.3) is 0 Å². The summed E-state index contributed by atoms with van der Waals surface area (Å²) in [6.45, 7) is 3.18. The van der Waals surface area contributed by atoms with Crippen LogP contribution in [0.2, 0.25) is 0 Å². The predicted molar refractivity (Wildman–Crippen MR) is 58.6 cm³/mol. The second-order valence-corrected chi connectivity index (χ2v) is 3.39. The van der Waals surface area contributed by atoms with Gasteiger partial charge in [-0.3, -0.25) is 0 Å². The van der Waals surface area contributed by atoms with Gasteiger partial charge in [0, 0.05) is 6.54 Å². The molecule has 0 atom stereocenters. The Morgan fingerprint density at radius 1 is 1.38 bits per heavy atom. The summed E-state index contributed by atoms with van der Waals surface area (Å²) >= 11 is 0. The quantitative estimate of drug-likeness (QED) is 0.792. The first-order valence-corrected chi connectivity index (χ1v) is 5.17. The van der Waals surface area contributed by atoms with E-state index >= 15 is 0 Å². The number of hydrogen-bond acceptors (Lipinski definition) is 2. The zero-order chi connectivity index (χ0) is 11.4. The number of halogens is 1. The Bertz CT molecular complexity index is 468. The van der Waals surface area contributed by atoms with Crippen molar-refractivity contribution in [3.05, 3.63) is 48.3 Å². The lowest BCUT2D eigenvalue weighted by atomic mass is 10.3. The van der Waals surface area contributed by atoms with E-state index in [0.717, 1.165) is 12.2 Å². The zero-order valence-electron chi connectivity index (χ0n) is 9.06. The normalized spacial score (nSPS) is 10.4. The van der Waals surface area contributed by atoms with Gasteiger partial charge in [-0.25, -0.2) is 9.37 Å². The van der Waals surface area contributed by atoms with Crippen molar-refractivity contribution in [3.63, 3.8) is 0 Å². The van der Waals surface area contributed by atoms with E-state index in [1.54, 1.807) is 30.7 Å². The van der Waals surface area contributed by atoms with Crippen molar-refractivity contribution >= 4 is 0 Å². The molecule has 3 nitrogen and oxygen atoms in total. The standard InChI is InChI=1S/C12H13FN2O/c1-2-15-9-14-7-10(15)8-16-12-6-4-3-5-11(12)13/h3-7,9H,2,8H2,1H3. The van der Waals surface area contributed by atoms with Crippen LogP contribution >= 0.6 is 0 Å². The van der Waals surface area contributed by atoms with Crippen molar-refractivity contribution < 1.29 is 9.13 Å². The van der Waals surface area contributed by atoms with Crippen molar-refractivity contribution in [1.29, 1.82) is 0 Å². The first-order chi connectivity index (χ1) is 7.81. The van der Waals surface area contributed by atoms with Gasteiger partial charge in [0.05, 0.1) is 18.2 Å². The van der Waals surface area contributed by atoms with Gasteiger partial charge in [-0.15, -0.1) is 0 Å². The maximum atomic E-state index is 13.3. The molecule has 16 heavy (non-hydrogen) atoms. The Kier molecular flexibility index (Phi) is 3.19. The number of nitrogens with zero attached hydrogens (tertiary/aromatic N) is 2. The summed E-state index contributed by atoms with van der Waals surface area (Å²) in [6.07, 6.45) is 3.46. The molecule has 0 N–H and O–H groups in total. The number of imidazole rings is 1. The second-order valence-electron chi connectivity index (χ2n) is 3.39. The summed E-state index contributed by atoms with van der Waals surface area (Å²) < 4.78 is 20.6. The van der Waals surface area contributed by atoms with Crippen molar-refractivity contribution in [2.24, 2.45) is 0 Å². The predicted octanol–water partition coefficient (Wildman–Crippen LogP) is 2.62. The van der Waals surface area contributed by atoms with Crippen LogP contribution in [0, 0.1) is 5.82 Å². The molecule has 2 rings (SSSR count). The van der Waals surface area contributed by atoms with Crippen molar-refractivity contribution in [2.45, 2.75) is 20.1 Å².